The van der Waals surface area contributed by atoms with Crippen molar-refractivity contribution in [2.75, 3.05) is 11.1 Å². The largest absolute Gasteiger partial charge is 0.506 e. The Balaban J connectivity index is 1.47. The SMILES string of the molecule is CC1(c2cc(O)c(C#N)c(F)c2)C(=O)Nc2nc(-c3cn4ccnc4c(Cc4cc(F)cc(F)c4F)n3)nc(N)c21. The van der Waals surface area contributed by atoms with E-state index >= 15 is 0 Å². The second kappa shape index (κ2) is 8.98. The van der Waals surface area contributed by atoms with Gasteiger partial charge >= 0.3 is 0 Å². The molecule has 1 amide bonds. The van der Waals surface area contributed by atoms with Crippen molar-refractivity contribution in [3.05, 3.63) is 94.1 Å². The van der Waals surface area contributed by atoms with E-state index in [0.29, 0.717) is 6.07 Å². The van der Waals surface area contributed by atoms with Gasteiger partial charge in [0.15, 0.2) is 23.1 Å². The van der Waals surface area contributed by atoms with E-state index in [0.717, 1.165) is 18.2 Å². The van der Waals surface area contributed by atoms with Gasteiger partial charge in [0.05, 0.1) is 11.3 Å². The maximum atomic E-state index is 14.5. The summed E-state index contributed by atoms with van der Waals surface area (Å²) < 4.78 is 58.1. The third kappa shape index (κ3) is 3.89. The number of amides is 1. The van der Waals surface area contributed by atoms with Crippen LogP contribution in [0, 0.1) is 34.6 Å². The lowest BCUT2D eigenvalue weighted by Gasteiger charge is -2.24. The number of carbonyl (C=O) groups excluding carboxylic acids is 1. The van der Waals surface area contributed by atoms with Crippen molar-refractivity contribution in [3.63, 3.8) is 0 Å². The number of benzene rings is 2. The molecule has 0 radical (unpaired) electrons. The zero-order valence-electron chi connectivity index (χ0n) is 20.9. The first-order chi connectivity index (χ1) is 19.5. The summed E-state index contributed by atoms with van der Waals surface area (Å²) in [5.41, 5.74) is 4.47. The molecule has 0 aliphatic carbocycles. The van der Waals surface area contributed by atoms with Gasteiger partial charge in [-0.25, -0.2) is 37.5 Å². The lowest BCUT2D eigenvalue weighted by molar-refractivity contribution is -0.119. The summed E-state index contributed by atoms with van der Waals surface area (Å²) in [6, 6.07) is 4.90. The van der Waals surface area contributed by atoms with Crippen molar-refractivity contribution in [2.45, 2.75) is 18.8 Å². The molecule has 41 heavy (non-hydrogen) atoms. The average molecular weight is 560 g/mol. The van der Waals surface area contributed by atoms with Gasteiger partial charge in [0.2, 0.25) is 5.91 Å². The minimum atomic E-state index is -1.63. The Labute approximate surface area is 227 Å². The van der Waals surface area contributed by atoms with Gasteiger partial charge in [0.25, 0.3) is 0 Å². The maximum absolute atomic E-state index is 14.5. The van der Waals surface area contributed by atoms with Crippen LogP contribution in [0.25, 0.3) is 17.2 Å². The van der Waals surface area contributed by atoms with Crippen LogP contribution in [0.3, 0.4) is 0 Å². The smallest absolute Gasteiger partial charge is 0.240 e. The summed E-state index contributed by atoms with van der Waals surface area (Å²) in [4.78, 5) is 30.5. The number of imidazole rings is 1. The number of aromatic nitrogens is 5. The van der Waals surface area contributed by atoms with Crippen LogP contribution < -0.4 is 11.1 Å². The van der Waals surface area contributed by atoms with Crippen molar-refractivity contribution in [1.29, 1.82) is 5.26 Å². The van der Waals surface area contributed by atoms with Crippen LogP contribution in [0.2, 0.25) is 0 Å². The Bertz CT molecular complexity index is 1960. The number of nitriles is 1. The first-order valence-corrected chi connectivity index (χ1v) is 11.9. The highest BCUT2D eigenvalue weighted by Crippen LogP contribution is 2.46. The van der Waals surface area contributed by atoms with Crippen molar-refractivity contribution < 1.29 is 27.5 Å². The fourth-order valence-corrected chi connectivity index (χ4v) is 4.93. The molecule has 1 aliphatic heterocycles. The van der Waals surface area contributed by atoms with Crippen LogP contribution in [0.15, 0.2) is 42.9 Å². The number of rotatable bonds is 4. The number of phenolic OH excluding ortho intramolecular Hbond substituents is 1. The fourth-order valence-electron chi connectivity index (χ4n) is 4.93. The zero-order valence-corrected chi connectivity index (χ0v) is 20.9. The number of nitrogens with one attached hydrogen (secondary N) is 1. The molecule has 0 saturated carbocycles. The van der Waals surface area contributed by atoms with E-state index in [9.17, 15) is 27.5 Å². The highest BCUT2D eigenvalue weighted by Gasteiger charge is 2.48. The average Bonchev–Trinajstić information content (AvgIpc) is 3.49. The van der Waals surface area contributed by atoms with E-state index in [1.807, 2.05) is 0 Å². The zero-order chi connectivity index (χ0) is 29.2. The summed E-state index contributed by atoms with van der Waals surface area (Å²) in [5.74, 6) is -6.08. The summed E-state index contributed by atoms with van der Waals surface area (Å²) in [5, 5.41) is 21.8. The summed E-state index contributed by atoms with van der Waals surface area (Å²) in [7, 11) is 0. The first-order valence-electron chi connectivity index (χ1n) is 11.9. The Morgan fingerprint density at radius 3 is 2.63 bits per heavy atom. The van der Waals surface area contributed by atoms with E-state index < -0.39 is 45.9 Å². The van der Waals surface area contributed by atoms with Gasteiger partial charge in [0.1, 0.15) is 51.8 Å². The highest BCUT2D eigenvalue weighted by atomic mass is 19.2. The number of fused-ring (bicyclic) bond motifs is 2. The number of hydrogen-bond acceptors (Lipinski definition) is 8. The molecule has 6 rings (SSSR count). The lowest BCUT2D eigenvalue weighted by Crippen LogP contribution is -2.33. The van der Waals surface area contributed by atoms with E-state index in [1.54, 1.807) is 12.3 Å². The van der Waals surface area contributed by atoms with Gasteiger partial charge in [-0.3, -0.25) is 4.79 Å². The number of anilines is 2. The Morgan fingerprint density at radius 2 is 1.90 bits per heavy atom. The summed E-state index contributed by atoms with van der Waals surface area (Å²) in [6.07, 6.45) is 4.19. The van der Waals surface area contributed by atoms with Crippen LogP contribution in [0.5, 0.6) is 5.75 Å². The van der Waals surface area contributed by atoms with Gasteiger partial charge in [0, 0.05) is 31.1 Å². The van der Waals surface area contributed by atoms with Gasteiger partial charge < -0.3 is 20.6 Å². The Hall–Kier alpha value is -5.58. The monoisotopic (exact) mass is 560 g/mol. The molecule has 10 nitrogen and oxygen atoms in total. The van der Waals surface area contributed by atoms with E-state index in [4.69, 9.17) is 11.0 Å². The normalized spacial score (nSPS) is 16.0. The molecule has 14 heteroatoms. The summed E-state index contributed by atoms with van der Waals surface area (Å²) in [6.45, 7) is 1.44. The number of nitrogens with two attached hydrogens (primary N) is 1. The number of aromatic hydroxyl groups is 1. The third-order valence-electron chi connectivity index (χ3n) is 6.98. The first kappa shape index (κ1) is 25.7. The van der Waals surface area contributed by atoms with Gasteiger partial charge in [-0.15, -0.1) is 0 Å². The topological polar surface area (TPSA) is 155 Å². The van der Waals surface area contributed by atoms with Crippen molar-refractivity contribution >= 4 is 23.2 Å². The maximum Gasteiger partial charge on any atom is 0.240 e. The molecule has 0 saturated heterocycles. The third-order valence-corrected chi connectivity index (χ3v) is 6.98. The molecule has 4 N–H and O–H groups in total. The number of nitrogen functional groups attached to an aromatic ring is 1. The predicted molar refractivity (Wildman–Crippen MR) is 135 cm³/mol. The molecule has 2 aromatic carbocycles. The van der Waals surface area contributed by atoms with E-state index in [-0.39, 0.29) is 57.6 Å². The molecule has 0 bridgehead atoms. The van der Waals surface area contributed by atoms with Crippen molar-refractivity contribution in [1.82, 2.24) is 24.3 Å². The minimum Gasteiger partial charge on any atom is -0.506 e. The molecule has 5 aromatic rings. The molecule has 1 unspecified atom stereocenters. The molecule has 1 atom stereocenters. The van der Waals surface area contributed by atoms with Crippen LogP contribution in [-0.4, -0.2) is 35.4 Å². The molecule has 0 spiro atoms. The minimum absolute atomic E-state index is 0.00317. The molecule has 1 aliphatic rings. The number of halogens is 4. The highest BCUT2D eigenvalue weighted by molar-refractivity contribution is 6.09. The Morgan fingerprint density at radius 1 is 1.12 bits per heavy atom. The quantitative estimate of drug-likeness (QED) is 0.222. The van der Waals surface area contributed by atoms with Crippen molar-refractivity contribution in [3.8, 4) is 23.3 Å². The van der Waals surface area contributed by atoms with Crippen LogP contribution >= 0.6 is 0 Å². The summed E-state index contributed by atoms with van der Waals surface area (Å²) >= 11 is 0. The number of carbonyl (C=O) groups is 1. The molecule has 204 valence electrons. The molecule has 3 aromatic heterocycles. The molecular weight excluding hydrogens is 544 g/mol. The van der Waals surface area contributed by atoms with Crippen LogP contribution in [0.4, 0.5) is 29.2 Å². The van der Waals surface area contributed by atoms with E-state index in [2.05, 4.69) is 25.3 Å². The second-order valence-electron chi connectivity index (χ2n) is 9.47. The second-order valence-corrected chi connectivity index (χ2v) is 9.47. The van der Waals surface area contributed by atoms with Gasteiger partial charge in [-0.1, -0.05) is 0 Å². The number of nitrogens with zero attached hydrogens (tertiary/aromatic N) is 6. The Kier molecular flexibility index (Phi) is 5.63. The molecule has 0 fully saturated rings. The van der Waals surface area contributed by atoms with Crippen molar-refractivity contribution in [2.24, 2.45) is 0 Å². The van der Waals surface area contributed by atoms with Crippen LogP contribution in [0.1, 0.15) is 34.9 Å². The number of hydrogen-bond donors (Lipinski definition) is 3. The predicted octanol–water partition coefficient (Wildman–Crippen LogP) is 3.75. The van der Waals surface area contributed by atoms with Crippen LogP contribution in [-0.2, 0) is 16.6 Å². The lowest BCUT2D eigenvalue weighted by atomic mass is 9.77. The number of phenols is 1. The molecular formula is C27H16F4N8O2. The van der Waals surface area contributed by atoms with Gasteiger partial charge in [-0.2, -0.15) is 5.26 Å². The van der Waals surface area contributed by atoms with E-state index in [1.165, 1.54) is 23.7 Å². The standard InChI is InChI=1S/C27H16F4N8O2/c1-27(12-6-15(29)14(9-32)19(40)7-12)20-22(33)36-23(37-24(20)38-26(27)41)18-10-39-3-2-34-25(39)17(35-18)5-11-4-13(28)8-16(30)21(11)31/h2-4,6-8,10,40H,5H2,1H3,(H3,33,36,37,38,41). The fraction of sp³-hybridized carbons (Fsp3) is 0.111. The molecule has 4 heterocycles. The van der Waals surface area contributed by atoms with Gasteiger partial charge in [-0.05, 0) is 36.2 Å².